The summed E-state index contributed by atoms with van der Waals surface area (Å²) in [4.78, 5) is 11.7. The minimum atomic E-state index is 0.156. The summed E-state index contributed by atoms with van der Waals surface area (Å²) in [6.45, 7) is 2.22. The maximum Gasteiger partial charge on any atom is 0.243 e. The van der Waals surface area contributed by atoms with Crippen LogP contribution in [0.4, 0.5) is 0 Å². The molecular formula is C13H22N2O. The van der Waals surface area contributed by atoms with Gasteiger partial charge in [-0.05, 0) is 25.7 Å². The molecule has 0 aromatic rings. The highest BCUT2D eigenvalue weighted by Crippen LogP contribution is 2.34. The van der Waals surface area contributed by atoms with Gasteiger partial charge in [0, 0.05) is 17.5 Å². The fraction of sp³-hybridized carbons (Fsp3) is 0.846. The van der Waals surface area contributed by atoms with Crippen molar-refractivity contribution in [1.82, 2.24) is 5.43 Å². The number of hydrogen-bond donors (Lipinski definition) is 1. The molecule has 16 heavy (non-hydrogen) atoms. The number of carbonyl (C=O) groups excluding carboxylic acids is 1. The van der Waals surface area contributed by atoms with Crippen LogP contribution in [0.3, 0.4) is 0 Å². The zero-order chi connectivity index (χ0) is 11.4. The van der Waals surface area contributed by atoms with Gasteiger partial charge in [0.15, 0.2) is 0 Å². The van der Waals surface area contributed by atoms with Crippen molar-refractivity contribution in [1.29, 1.82) is 0 Å². The number of nitrogens with zero attached hydrogens (tertiary/aromatic N) is 1. The summed E-state index contributed by atoms with van der Waals surface area (Å²) >= 11 is 0. The fourth-order valence-electron chi connectivity index (χ4n) is 2.93. The van der Waals surface area contributed by atoms with E-state index >= 15 is 0 Å². The van der Waals surface area contributed by atoms with Crippen LogP contribution in [0.5, 0.6) is 0 Å². The SMILES string of the molecule is CCCCCC1=NNC(=O)C2CCCCC12. The lowest BCUT2D eigenvalue weighted by Gasteiger charge is -2.34. The molecule has 1 N–H and O–H groups in total. The Kier molecular flexibility index (Phi) is 3.97. The van der Waals surface area contributed by atoms with Crippen LogP contribution in [0, 0.1) is 11.8 Å². The predicted octanol–water partition coefficient (Wildman–Crippen LogP) is 2.86. The van der Waals surface area contributed by atoms with E-state index in [1.54, 1.807) is 0 Å². The molecular weight excluding hydrogens is 200 g/mol. The normalized spacial score (nSPS) is 29.3. The van der Waals surface area contributed by atoms with Crippen molar-refractivity contribution in [2.24, 2.45) is 16.9 Å². The summed E-state index contributed by atoms with van der Waals surface area (Å²) in [6.07, 6.45) is 9.51. The van der Waals surface area contributed by atoms with Crippen LogP contribution in [0.15, 0.2) is 5.10 Å². The molecule has 2 unspecified atom stereocenters. The molecule has 0 saturated heterocycles. The third-order valence-electron chi connectivity index (χ3n) is 3.88. The van der Waals surface area contributed by atoms with Crippen LogP contribution in [-0.4, -0.2) is 11.6 Å². The molecule has 1 fully saturated rings. The quantitative estimate of drug-likeness (QED) is 0.730. The minimum Gasteiger partial charge on any atom is -0.273 e. The van der Waals surface area contributed by atoms with Gasteiger partial charge in [0.1, 0.15) is 0 Å². The first kappa shape index (κ1) is 11.6. The molecule has 1 saturated carbocycles. The Morgan fingerprint density at radius 2 is 2.00 bits per heavy atom. The Morgan fingerprint density at radius 1 is 1.25 bits per heavy atom. The molecule has 3 heteroatoms. The van der Waals surface area contributed by atoms with E-state index in [-0.39, 0.29) is 11.8 Å². The molecule has 2 aliphatic rings. The largest absolute Gasteiger partial charge is 0.273 e. The number of rotatable bonds is 4. The summed E-state index contributed by atoms with van der Waals surface area (Å²) in [5.74, 6) is 0.839. The molecule has 1 aliphatic heterocycles. The Bertz CT molecular complexity index is 286. The van der Waals surface area contributed by atoms with Crippen LogP contribution in [-0.2, 0) is 4.79 Å². The van der Waals surface area contributed by atoms with Gasteiger partial charge in [-0.1, -0.05) is 32.6 Å². The lowest BCUT2D eigenvalue weighted by molar-refractivity contribution is -0.127. The molecule has 0 aromatic heterocycles. The predicted molar refractivity (Wildman–Crippen MR) is 65.2 cm³/mol. The van der Waals surface area contributed by atoms with Crippen LogP contribution in [0.25, 0.3) is 0 Å². The highest BCUT2D eigenvalue weighted by molar-refractivity contribution is 5.96. The minimum absolute atomic E-state index is 0.156. The summed E-state index contributed by atoms with van der Waals surface area (Å²) in [5.41, 5.74) is 3.97. The monoisotopic (exact) mass is 222 g/mol. The van der Waals surface area contributed by atoms with Gasteiger partial charge >= 0.3 is 0 Å². The second-order valence-corrected chi connectivity index (χ2v) is 5.03. The zero-order valence-corrected chi connectivity index (χ0v) is 10.2. The number of nitrogens with one attached hydrogen (secondary N) is 1. The topological polar surface area (TPSA) is 41.5 Å². The van der Waals surface area contributed by atoms with E-state index in [0.717, 1.165) is 12.8 Å². The van der Waals surface area contributed by atoms with Gasteiger partial charge in [0.05, 0.1) is 0 Å². The van der Waals surface area contributed by atoms with Crippen LogP contribution < -0.4 is 5.43 Å². The number of amides is 1. The molecule has 90 valence electrons. The van der Waals surface area contributed by atoms with Gasteiger partial charge in [-0.2, -0.15) is 5.10 Å². The first-order chi connectivity index (χ1) is 7.83. The maximum atomic E-state index is 11.7. The van der Waals surface area contributed by atoms with Crippen molar-refractivity contribution in [3.05, 3.63) is 0 Å². The average Bonchev–Trinajstić information content (AvgIpc) is 2.33. The van der Waals surface area contributed by atoms with E-state index < -0.39 is 0 Å². The van der Waals surface area contributed by atoms with Crippen molar-refractivity contribution in [2.75, 3.05) is 0 Å². The first-order valence-corrected chi connectivity index (χ1v) is 6.69. The summed E-state index contributed by atoms with van der Waals surface area (Å²) in [6, 6.07) is 0. The number of fused-ring (bicyclic) bond motifs is 1. The van der Waals surface area contributed by atoms with E-state index in [1.165, 1.54) is 44.2 Å². The van der Waals surface area contributed by atoms with Gasteiger partial charge in [-0.25, -0.2) is 5.43 Å². The van der Waals surface area contributed by atoms with Crippen molar-refractivity contribution < 1.29 is 4.79 Å². The Balaban J connectivity index is 1.98. The van der Waals surface area contributed by atoms with Gasteiger partial charge in [0.2, 0.25) is 5.91 Å². The number of hydrogen-bond acceptors (Lipinski definition) is 2. The van der Waals surface area contributed by atoms with E-state index in [1.807, 2.05) is 0 Å². The molecule has 0 aromatic carbocycles. The highest BCUT2D eigenvalue weighted by atomic mass is 16.2. The summed E-state index contributed by atoms with van der Waals surface area (Å²) in [5, 5.41) is 4.28. The standard InChI is InChI=1S/C13H22N2O/c1-2-3-4-9-12-10-7-5-6-8-11(10)13(16)15-14-12/h10-11H,2-9H2,1H3,(H,15,16). The van der Waals surface area contributed by atoms with E-state index in [9.17, 15) is 4.79 Å². The third-order valence-corrected chi connectivity index (χ3v) is 3.88. The smallest absolute Gasteiger partial charge is 0.243 e. The van der Waals surface area contributed by atoms with Gasteiger partial charge < -0.3 is 0 Å². The van der Waals surface area contributed by atoms with Crippen molar-refractivity contribution >= 4 is 11.6 Å². The molecule has 0 spiro atoms. The van der Waals surface area contributed by atoms with Crippen molar-refractivity contribution in [3.8, 4) is 0 Å². The summed E-state index contributed by atoms with van der Waals surface area (Å²) < 4.78 is 0. The van der Waals surface area contributed by atoms with Crippen molar-refractivity contribution in [2.45, 2.75) is 58.3 Å². The molecule has 0 bridgehead atoms. The second kappa shape index (κ2) is 5.46. The second-order valence-electron chi connectivity index (χ2n) is 5.03. The zero-order valence-electron chi connectivity index (χ0n) is 10.2. The average molecular weight is 222 g/mol. The fourth-order valence-corrected chi connectivity index (χ4v) is 2.93. The molecule has 3 nitrogen and oxygen atoms in total. The first-order valence-electron chi connectivity index (χ1n) is 6.69. The van der Waals surface area contributed by atoms with Gasteiger partial charge in [-0.3, -0.25) is 4.79 Å². The number of carbonyl (C=O) groups is 1. The lowest BCUT2D eigenvalue weighted by atomic mass is 9.74. The molecule has 1 aliphatic carbocycles. The molecule has 2 atom stereocenters. The number of hydrazone groups is 1. The summed E-state index contributed by atoms with van der Waals surface area (Å²) in [7, 11) is 0. The Morgan fingerprint density at radius 3 is 2.75 bits per heavy atom. The molecule has 0 radical (unpaired) electrons. The third kappa shape index (κ3) is 2.45. The van der Waals surface area contributed by atoms with Crippen LogP contribution in [0.2, 0.25) is 0 Å². The molecule has 2 rings (SSSR count). The van der Waals surface area contributed by atoms with Crippen molar-refractivity contribution in [3.63, 3.8) is 0 Å². The van der Waals surface area contributed by atoms with E-state index in [2.05, 4.69) is 17.5 Å². The Hall–Kier alpha value is -0.860. The van der Waals surface area contributed by atoms with Gasteiger partial charge in [-0.15, -0.1) is 0 Å². The maximum absolute atomic E-state index is 11.7. The molecule has 1 heterocycles. The van der Waals surface area contributed by atoms with E-state index in [4.69, 9.17) is 0 Å². The Labute approximate surface area is 97.7 Å². The van der Waals surface area contributed by atoms with Gasteiger partial charge in [0.25, 0.3) is 0 Å². The highest BCUT2D eigenvalue weighted by Gasteiger charge is 2.36. The van der Waals surface area contributed by atoms with Crippen LogP contribution >= 0.6 is 0 Å². The number of unbranched alkanes of at least 4 members (excludes halogenated alkanes) is 2. The molecule has 1 amide bonds. The van der Waals surface area contributed by atoms with E-state index in [0.29, 0.717) is 5.92 Å². The van der Waals surface area contributed by atoms with Crippen LogP contribution in [0.1, 0.15) is 58.3 Å². The lowest BCUT2D eigenvalue weighted by Crippen LogP contribution is -2.43.